The number of ether oxygens (including phenoxy) is 2. The first kappa shape index (κ1) is 25.0. The van der Waals surface area contributed by atoms with Gasteiger partial charge in [-0.25, -0.2) is 9.67 Å². The monoisotopic (exact) mass is 539 g/mol. The zero-order valence-corrected chi connectivity index (χ0v) is 22.5. The first-order chi connectivity index (χ1) is 19.8. The van der Waals surface area contributed by atoms with Crippen LogP contribution in [0.5, 0.6) is 0 Å². The van der Waals surface area contributed by atoms with Crippen molar-refractivity contribution in [1.29, 1.82) is 0 Å². The van der Waals surface area contributed by atoms with Gasteiger partial charge < -0.3 is 18.8 Å². The van der Waals surface area contributed by atoms with E-state index < -0.39 is 0 Å². The van der Waals surface area contributed by atoms with Crippen molar-refractivity contribution in [2.45, 2.75) is 13.0 Å². The lowest BCUT2D eigenvalue weighted by molar-refractivity contribution is 0.0368. The minimum Gasteiger partial charge on any atom is -0.452 e. The third-order valence-electron chi connectivity index (χ3n) is 7.57. The zero-order chi connectivity index (χ0) is 26.7. The summed E-state index contributed by atoms with van der Waals surface area (Å²) in [4.78, 5) is 9.73. The molecule has 7 rings (SSSR count). The van der Waals surface area contributed by atoms with E-state index in [2.05, 4.69) is 39.3 Å². The molecule has 2 aliphatic heterocycles. The Hall–Kier alpha value is -3.99. The largest absolute Gasteiger partial charge is 0.452 e. The Morgan fingerprint density at radius 3 is 2.45 bits per heavy atom. The molecule has 0 amide bonds. The van der Waals surface area contributed by atoms with Crippen LogP contribution in [0.25, 0.3) is 39.5 Å². The smallest absolute Gasteiger partial charge is 0.176 e. The predicted molar refractivity (Wildman–Crippen MR) is 153 cm³/mol. The van der Waals surface area contributed by atoms with E-state index in [4.69, 9.17) is 24.0 Å². The van der Waals surface area contributed by atoms with Crippen LogP contribution in [0.4, 0.5) is 5.69 Å². The van der Waals surface area contributed by atoms with Gasteiger partial charge in [0.2, 0.25) is 0 Å². The average Bonchev–Trinajstić information content (AvgIpc) is 3.78. The van der Waals surface area contributed by atoms with Crippen molar-refractivity contribution in [2.24, 2.45) is 0 Å². The molecule has 0 N–H and O–H groups in total. The highest BCUT2D eigenvalue weighted by atomic mass is 16.5. The number of aryl methyl sites for hydroxylation is 1. The molecule has 6 heterocycles. The van der Waals surface area contributed by atoms with Gasteiger partial charge in [0.15, 0.2) is 11.4 Å². The summed E-state index contributed by atoms with van der Waals surface area (Å²) < 4.78 is 21.4. The minimum atomic E-state index is 0.684. The summed E-state index contributed by atoms with van der Waals surface area (Å²) in [6.45, 7) is 8.55. The van der Waals surface area contributed by atoms with E-state index >= 15 is 0 Å². The van der Waals surface area contributed by atoms with Gasteiger partial charge in [-0.05, 0) is 12.5 Å². The van der Waals surface area contributed by atoms with Crippen LogP contribution in [0.15, 0.2) is 71.5 Å². The number of hydrogen-bond acceptors (Lipinski definition) is 8. The number of morpholine rings is 2. The molecule has 4 aromatic heterocycles. The Kier molecular flexibility index (Phi) is 7.03. The van der Waals surface area contributed by atoms with E-state index in [1.165, 1.54) is 0 Å². The van der Waals surface area contributed by atoms with E-state index in [0.717, 1.165) is 104 Å². The van der Waals surface area contributed by atoms with Crippen molar-refractivity contribution in [2.75, 3.05) is 64.1 Å². The minimum absolute atomic E-state index is 0.684. The van der Waals surface area contributed by atoms with Gasteiger partial charge in [-0.1, -0.05) is 30.3 Å². The van der Waals surface area contributed by atoms with Gasteiger partial charge in [-0.3, -0.25) is 9.58 Å². The van der Waals surface area contributed by atoms with E-state index in [1.807, 2.05) is 52.1 Å². The van der Waals surface area contributed by atoms with Crippen molar-refractivity contribution in [3.63, 3.8) is 0 Å². The highest BCUT2D eigenvalue weighted by molar-refractivity contribution is 5.91. The summed E-state index contributed by atoms with van der Waals surface area (Å²) in [5.41, 5.74) is 5.50. The maximum atomic E-state index is 6.47. The summed E-state index contributed by atoms with van der Waals surface area (Å²) in [6, 6.07) is 16.3. The third-order valence-corrected chi connectivity index (χ3v) is 7.57. The fourth-order valence-corrected chi connectivity index (χ4v) is 5.40. The third kappa shape index (κ3) is 5.25. The van der Waals surface area contributed by atoms with Crippen molar-refractivity contribution in [3.05, 3.63) is 67.1 Å². The molecule has 0 bridgehead atoms. The van der Waals surface area contributed by atoms with Gasteiger partial charge in [-0.2, -0.15) is 10.2 Å². The van der Waals surface area contributed by atoms with Crippen molar-refractivity contribution >= 4 is 16.8 Å². The van der Waals surface area contributed by atoms with Crippen LogP contribution in [0.3, 0.4) is 0 Å². The number of pyridine rings is 1. The molecular weight excluding hydrogens is 506 g/mol. The summed E-state index contributed by atoms with van der Waals surface area (Å²) in [5.74, 6) is 1.52. The van der Waals surface area contributed by atoms with Crippen LogP contribution in [0.1, 0.15) is 6.42 Å². The summed E-state index contributed by atoms with van der Waals surface area (Å²) >= 11 is 0. The molecule has 0 unspecified atom stereocenters. The molecule has 0 atom stereocenters. The molecule has 1 aromatic carbocycles. The summed E-state index contributed by atoms with van der Waals surface area (Å²) in [5, 5.41) is 9.44. The second kappa shape index (κ2) is 11.2. The van der Waals surface area contributed by atoms with Crippen LogP contribution in [-0.2, 0) is 16.0 Å². The molecule has 206 valence electrons. The molecule has 10 nitrogen and oxygen atoms in total. The lowest BCUT2D eigenvalue weighted by Crippen LogP contribution is -2.37. The number of hydrogen-bond donors (Lipinski definition) is 0. The van der Waals surface area contributed by atoms with Gasteiger partial charge in [0, 0.05) is 69.4 Å². The fraction of sp³-hybridized carbons (Fsp3) is 0.367. The quantitative estimate of drug-likeness (QED) is 0.291. The van der Waals surface area contributed by atoms with Crippen LogP contribution >= 0.6 is 0 Å². The van der Waals surface area contributed by atoms with Crippen molar-refractivity contribution < 1.29 is 13.9 Å². The normalized spacial score (nSPS) is 16.6. The van der Waals surface area contributed by atoms with Gasteiger partial charge in [0.05, 0.1) is 49.6 Å². The summed E-state index contributed by atoms with van der Waals surface area (Å²) in [6.07, 6.45) is 6.94. The van der Waals surface area contributed by atoms with Crippen molar-refractivity contribution in [1.82, 2.24) is 29.4 Å². The van der Waals surface area contributed by atoms with Crippen LogP contribution in [0, 0.1) is 0 Å². The fourth-order valence-electron chi connectivity index (χ4n) is 5.40. The van der Waals surface area contributed by atoms with Crippen LogP contribution < -0.4 is 4.90 Å². The number of aromatic nitrogens is 5. The molecule has 0 radical (unpaired) electrons. The van der Waals surface area contributed by atoms with Gasteiger partial charge in [-0.15, -0.1) is 0 Å². The number of rotatable bonds is 8. The second-order valence-electron chi connectivity index (χ2n) is 10.2. The molecule has 2 aliphatic rings. The molecular formula is C30H33N7O3. The van der Waals surface area contributed by atoms with Crippen LogP contribution in [0.2, 0.25) is 0 Å². The lowest BCUT2D eigenvalue weighted by Gasteiger charge is -2.28. The van der Waals surface area contributed by atoms with E-state index in [1.54, 1.807) is 0 Å². The number of anilines is 1. The molecule has 0 spiro atoms. The number of furan rings is 1. The lowest BCUT2D eigenvalue weighted by atomic mass is 10.2. The highest BCUT2D eigenvalue weighted by Gasteiger charge is 2.21. The number of fused-ring (bicyclic) bond motifs is 1. The molecule has 0 saturated carbocycles. The van der Waals surface area contributed by atoms with E-state index in [-0.39, 0.29) is 0 Å². The Balaban J connectivity index is 1.17. The number of benzene rings is 1. The maximum Gasteiger partial charge on any atom is 0.176 e. The molecule has 2 fully saturated rings. The molecule has 0 aliphatic carbocycles. The van der Waals surface area contributed by atoms with Gasteiger partial charge in [0.1, 0.15) is 11.3 Å². The van der Waals surface area contributed by atoms with E-state index in [0.29, 0.717) is 13.2 Å². The van der Waals surface area contributed by atoms with E-state index in [9.17, 15) is 0 Å². The average molecular weight is 540 g/mol. The topological polar surface area (TPSA) is 86.6 Å². The summed E-state index contributed by atoms with van der Waals surface area (Å²) in [7, 11) is 0. The Morgan fingerprint density at radius 2 is 1.62 bits per heavy atom. The first-order valence-corrected chi connectivity index (χ1v) is 14.0. The molecule has 5 aromatic rings. The van der Waals surface area contributed by atoms with Crippen molar-refractivity contribution in [3.8, 4) is 28.4 Å². The maximum absolute atomic E-state index is 6.47. The highest BCUT2D eigenvalue weighted by Crippen LogP contribution is 2.35. The van der Waals surface area contributed by atoms with Gasteiger partial charge >= 0.3 is 0 Å². The Bertz CT molecular complexity index is 1560. The standard InChI is InChI=1S/C30H33N7O3/c1-2-5-23(6-3-1)25-7-10-37(33-25)29-20-27(35-13-17-39-18-14-35)30-26(32-29)19-28(40-30)24-21-31-36(22-24)9-4-8-34-11-15-38-16-12-34/h1-3,5-7,10,19-22H,4,8-9,11-18H2. The van der Waals surface area contributed by atoms with Crippen LogP contribution in [-0.4, -0.2) is 88.6 Å². The SMILES string of the molecule is c1ccc(-c2ccn(-c3cc(N4CCOCC4)c4oc(-c5cnn(CCCN6CCOCC6)c5)cc4n3)n2)cc1. The molecule has 10 heteroatoms. The van der Waals surface area contributed by atoms with Gasteiger partial charge in [0.25, 0.3) is 0 Å². The predicted octanol–water partition coefficient (Wildman–Crippen LogP) is 4.10. The first-order valence-electron chi connectivity index (χ1n) is 14.0. The second-order valence-corrected chi connectivity index (χ2v) is 10.2. The number of nitrogens with zero attached hydrogens (tertiary/aromatic N) is 7. The Labute approximate surface area is 232 Å². The zero-order valence-electron chi connectivity index (χ0n) is 22.5. The molecule has 2 saturated heterocycles. The Morgan fingerprint density at radius 1 is 0.825 bits per heavy atom. The molecule has 40 heavy (non-hydrogen) atoms.